The maximum atomic E-state index is 12.8. The van der Waals surface area contributed by atoms with Crippen molar-refractivity contribution in [3.05, 3.63) is 83.2 Å². The minimum absolute atomic E-state index is 0.0573. The Morgan fingerprint density at radius 1 is 1.13 bits per heavy atom. The molecule has 4 rings (SSSR count). The third kappa shape index (κ3) is 4.94. The first-order valence-electron chi connectivity index (χ1n) is 10.6. The number of fused-ring (bicyclic) bond motifs is 1. The van der Waals surface area contributed by atoms with Gasteiger partial charge in [-0.1, -0.05) is 30.3 Å². The standard InChI is InChI=1S/C24H26N4O3/c1-2-31-24(30)26-19-13-11-18(12-14-19)23(29)27-21-9-6-10-22-20(21)15-25-28(22)16-17-7-4-3-5-8-17/h3-5,7-8,11-15,21H,2,6,9-10,16H2,1H3,(H,26,30)(H,27,29). The second kappa shape index (κ2) is 9.47. The fourth-order valence-corrected chi connectivity index (χ4v) is 3.89. The van der Waals surface area contributed by atoms with Crippen molar-refractivity contribution in [3.63, 3.8) is 0 Å². The van der Waals surface area contributed by atoms with Crippen LogP contribution >= 0.6 is 0 Å². The summed E-state index contributed by atoms with van der Waals surface area (Å²) in [6, 6.07) is 17.0. The third-order valence-corrected chi connectivity index (χ3v) is 5.41. The number of hydrogen-bond donors (Lipinski definition) is 2. The molecular weight excluding hydrogens is 392 g/mol. The summed E-state index contributed by atoms with van der Waals surface area (Å²) in [5.74, 6) is -0.142. The summed E-state index contributed by atoms with van der Waals surface area (Å²) >= 11 is 0. The van der Waals surface area contributed by atoms with Crippen LogP contribution in [0.15, 0.2) is 60.8 Å². The minimum Gasteiger partial charge on any atom is -0.450 e. The Kier molecular flexibility index (Phi) is 6.31. The first kappa shape index (κ1) is 20.7. The van der Waals surface area contributed by atoms with E-state index in [-0.39, 0.29) is 11.9 Å². The highest BCUT2D eigenvalue weighted by Crippen LogP contribution is 2.30. The molecule has 1 aromatic heterocycles. The Bertz CT molecular complexity index is 1040. The van der Waals surface area contributed by atoms with Gasteiger partial charge in [0.05, 0.1) is 25.4 Å². The van der Waals surface area contributed by atoms with Crippen molar-refractivity contribution in [2.24, 2.45) is 0 Å². The molecule has 3 aromatic rings. The van der Waals surface area contributed by atoms with Gasteiger partial charge >= 0.3 is 6.09 Å². The summed E-state index contributed by atoms with van der Waals surface area (Å²) in [5.41, 5.74) is 4.61. The molecule has 0 saturated carbocycles. The lowest BCUT2D eigenvalue weighted by atomic mass is 9.92. The first-order chi connectivity index (χ1) is 15.1. The van der Waals surface area contributed by atoms with E-state index < -0.39 is 6.09 Å². The molecular formula is C24H26N4O3. The molecule has 1 unspecified atom stereocenters. The molecule has 1 aliphatic carbocycles. The molecule has 0 spiro atoms. The minimum atomic E-state index is -0.512. The molecule has 2 aromatic carbocycles. The van der Waals surface area contributed by atoms with Crippen LogP contribution < -0.4 is 10.6 Å². The second-order valence-corrected chi connectivity index (χ2v) is 7.53. The fraction of sp³-hybridized carbons (Fsp3) is 0.292. The number of carbonyl (C=O) groups is 2. The van der Waals surface area contributed by atoms with Crippen LogP contribution in [0.1, 0.15) is 53.0 Å². The van der Waals surface area contributed by atoms with E-state index in [0.717, 1.165) is 31.4 Å². The molecule has 2 N–H and O–H groups in total. The van der Waals surface area contributed by atoms with E-state index in [1.807, 2.05) is 29.1 Å². The molecule has 1 aliphatic rings. The molecule has 0 bridgehead atoms. The molecule has 1 heterocycles. The van der Waals surface area contributed by atoms with Crippen LogP contribution in [-0.2, 0) is 17.7 Å². The molecule has 7 heteroatoms. The van der Waals surface area contributed by atoms with E-state index in [0.29, 0.717) is 17.9 Å². The summed E-state index contributed by atoms with van der Waals surface area (Å²) in [5, 5.41) is 10.4. The van der Waals surface area contributed by atoms with Crippen LogP contribution in [-0.4, -0.2) is 28.4 Å². The van der Waals surface area contributed by atoms with Gasteiger partial charge in [-0.05, 0) is 56.0 Å². The Morgan fingerprint density at radius 3 is 2.65 bits per heavy atom. The predicted octanol–water partition coefficient (Wildman–Crippen LogP) is 4.31. The SMILES string of the molecule is CCOC(=O)Nc1ccc(C(=O)NC2CCCc3c2cnn3Cc2ccccc2)cc1. The molecule has 0 fully saturated rings. The number of ether oxygens (including phenoxy) is 1. The number of nitrogens with one attached hydrogen (secondary N) is 2. The average molecular weight is 418 g/mol. The van der Waals surface area contributed by atoms with Crippen molar-refractivity contribution in [1.82, 2.24) is 15.1 Å². The Labute approximate surface area is 181 Å². The van der Waals surface area contributed by atoms with E-state index in [2.05, 4.69) is 27.9 Å². The van der Waals surface area contributed by atoms with E-state index in [1.54, 1.807) is 31.2 Å². The zero-order valence-corrected chi connectivity index (χ0v) is 17.5. The van der Waals surface area contributed by atoms with Crippen molar-refractivity contribution in [2.75, 3.05) is 11.9 Å². The van der Waals surface area contributed by atoms with Gasteiger partial charge in [0, 0.05) is 22.5 Å². The quantitative estimate of drug-likeness (QED) is 0.625. The number of aromatic nitrogens is 2. The number of anilines is 1. The van der Waals surface area contributed by atoms with Crippen molar-refractivity contribution in [2.45, 2.75) is 38.8 Å². The highest BCUT2D eigenvalue weighted by atomic mass is 16.5. The van der Waals surface area contributed by atoms with E-state index in [9.17, 15) is 9.59 Å². The summed E-state index contributed by atoms with van der Waals surface area (Å²) in [6.45, 7) is 2.78. The summed E-state index contributed by atoms with van der Waals surface area (Å²) in [7, 11) is 0. The Hall–Kier alpha value is -3.61. The molecule has 2 amide bonds. The highest BCUT2D eigenvalue weighted by Gasteiger charge is 2.26. The van der Waals surface area contributed by atoms with Gasteiger partial charge in [-0.15, -0.1) is 0 Å². The zero-order chi connectivity index (χ0) is 21.6. The predicted molar refractivity (Wildman–Crippen MR) is 118 cm³/mol. The van der Waals surface area contributed by atoms with Crippen LogP contribution in [0.5, 0.6) is 0 Å². The topological polar surface area (TPSA) is 85.2 Å². The van der Waals surface area contributed by atoms with Crippen molar-refractivity contribution >= 4 is 17.7 Å². The molecule has 160 valence electrons. The number of hydrogen-bond acceptors (Lipinski definition) is 4. The van der Waals surface area contributed by atoms with Crippen molar-refractivity contribution in [3.8, 4) is 0 Å². The third-order valence-electron chi connectivity index (χ3n) is 5.41. The first-order valence-corrected chi connectivity index (χ1v) is 10.6. The maximum absolute atomic E-state index is 12.8. The summed E-state index contributed by atoms with van der Waals surface area (Å²) in [4.78, 5) is 24.3. The molecule has 31 heavy (non-hydrogen) atoms. The number of nitrogens with zero attached hydrogens (tertiary/aromatic N) is 2. The van der Waals surface area contributed by atoms with Gasteiger partial charge < -0.3 is 10.1 Å². The van der Waals surface area contributed by atoms with Crippen molar-refractivity contribution in [1.29, 1.82) is 0 Å². The van der Waals surface area contributed by atoms with E-state index in [4.69, 9.17) is 4.74 Å². The Morgan fingerprint density at radius 2 is 1.90 bits per heavy atom. The van der Waals surface area contributed by atoms with Gasteiger partial charge in [0.15, 0.2) is 0 Å². The molecule has 0 radical (unpaired) electrons. The number of carbonyl (C=O) groups excluding carboxylic acids is 2. The highest BCUT2D eigenvalue weighted by molar-refractivity contribution is 5.95. The summed E-state index contributed by atoms with van der Waals surface area (Å²) < 4.78 is 6.90. The van der Waals surface area contributed by atoms with Crippen LogP contribution in [0.2, 0.25) is 0 Å². The maximum Gasteiger partial charge on any atom is 0.411 e. The van der Waals surface area contributed by atoms with Crippen LogP contribution in [0.25, 0.3) is 0 Å². The smallest absolute Gasteiger partial charge is 0.411 e. The van der Waals surface area contributed by atoms with Crippen molar-refractivity contribution < 1.29 is 14.3 Å². The second-order valence-electron chi connectivity index (χ2n) is 7.53. The lowest BCUT2D eigenvalue weighted by Gasteiger charge is -2.24. The average Bonchev–Trinajstić information content (AvgIpc) is 3.19. The zero-order valence-electron chi connectivity index (χ0n) is 17.5. The van der Waals surface area contributed by atoms with Gasteiger partial charge in [-0.3, -0.25) is 14.8 Å². The van der Waals surface area contributed by atoms with Gasteiger partial charge in [0.2, 0.25) is 0 Å². The monoisotopic (exact) mass is 418 g/mol. The van der Waals surface area contributed by atoms with Gasteiger partial charge in [-0.2, -0.15) is 5.10 Å². The van der Waals surface area contributed by atoms with Gasteiger partial charge in [0.1, 0.15) is 0 Å². The normalized spacial score (nSPS) is 15.1. The van der Waals surface area contributed by atoms with E-state index >= 15 is 0 Å². The molecule has 0 saturated heterocycles. The number of benzene rings is 2. The molecule has 1 atom stereocenters. The summed E-state index contributed by atoms with van der Waals surface area (Å²) in [6.07, 6.45) is 4.22. The van der Waals surface area contributed by atoms with E-state index in [1.165, 1.54) is 11.3 Å². The lowest BCUT2D eigenvalue weighted by Crippen LogP contribution is -2.31. The number of rotatable bonds is 6. The van der Waals surface area contributed by atoms with Crippen LogP contribution in [0, 0.1) is 0 Å². The lowest BCUT2D eigenvalue weighted by molar-refractivity contribution is 0.0932. The van der Waals surface area contributed by atoms with Gasteiger partial charge in [-0.25, -0.2) is 4.79 Å². The fourth-order valence-electron chi connectivity index (χ4n) is 3.89. The molecule has 7 nitrogen and oxygen atoms in total. The molecule has 0 aliphatic heterocycles. The largest absolute Gasteiger partial charge is 0.450 e. The number of amides is 2. The van der Waals surface area contributed by atoms with Crippen LogP contribution in [0.4, 0.5) is 10.5 Å². The van der Waals surface area contributed by atoms with Crippen LogP contribution in [0.3, 0.4) is 0 Å². The van der Waals surface area contributed by atoms with Gasteiger partial charge in [0.25, 0.3) is 5.91 Å². The Balaban J connectivity index is 1.42.